The van der Waals surface area contributed by atoms with Crippen molar-refractivity contribution in [1.29, 1.82) is 0 Å². The SMILES string of the molecule is NC1=C2CNC=CC2=CC12CCNCC2. The normalized spacial score (nSPS) is 27.6. The molecule has 0 atom stereocenters. The largest absolute Gasteiger partial charge is 0.401 e. The molecule has 0 aromatic heterocycles. The van der Waals surface area contributed by atoms with Crippen LogP contribution < -0.4 is 16.4 Å². The number of allylic oxidation sites excluding steroid dienone is 2. The predicted molar refractivity (Wildman–Crippen MR) is 61.0 cm³/mol. The Bertz CT molecular complexity index is 370. The molecule has 0 aromatic rings. The van der Waals surface area contributed by atoms with Crippen LogP contribution in [0.1, 0.15) is 12.8 Å². The molecule has 2 heterocycles. The molecule has 4 N–H and O–H groups in total. The first-order valence-electron chi connectivity index (χ1n) is 5.65. The number of hydrogen-bond acceptors (Lipinski definition) is 3. The van der Waals surface area contributed by atoms with E-state index < -0.39 is 0 Å². The van der Waals surface area contributed by atoms with Gasteiger partial charge in [0.2, 0.25) is 0 Å². The lowest BCUT2D eigenvalue weighted by molar-refractivity contribution is 0.324. The molecule has 0 saturated carbocycles. The van der Waals surface area contributed by atoms with Gasteiger partial charge >= 0.3 is 0 Å². The summed E-state index contributed by atoms with van der Waals surface area (Å²) in [6, 6.07) is 0. The van der Waals surface area contributed by atoms with Gasteiger partial charge in [0.25, 0.3) is 0 Å². The maximum absolute atomic E-state index is 6.32. The van der Waals surface area contributed by atoms with E-state index in [1.807, 2.05) is 6.20 Å². The minimum Gasteiger partial charge on any atom is -0.401 e. The van der Waals surface area contributed by atoms with Crippen molar-refractivity contribution >= 4 is 0 Å². The lowest BCUT2D eigenvalue weighted by Crippen LogP contribution is -2.38. The van der Waals surface area contributed by atoms with E-state index >= 15 is 0 Å². The van der Waals surface area contributed by atoms with Gasteiger partial charge in [-0.25, -0.2) is 0 Å². The number of nitrogens with two attached hydrogens (primary N) is 1. The van der Waals surface area contributed by atoms with Crippen molar-refractivity contribution in [2.24, 2.45) is 11.1 Å². The van der Waals surface area contributed by atoms with Crippen LogP contribution >= 0.6 is 0 Å². The number of rotatable bonds is 0. The van der Waals surface area contributed by atoms with Gasteiger partial charge in [-0.3, -0.25) is 0 Å². The highest BCUT2D eigenvalue weighted by Crippen LogP contribution is 2.45. The van der Waals surface area contributed by atoms with Crippen molar-refractivity contribution < 1.29 is 0 Å². The Morgan fingerprint density at radius 1 is 1.27 bits per heavy atom. The Morgan fingerprint density at radius 3 is 2.80 bits per heavy atom. The first-order valence-corrected chi connectivity index (χ1v) is 5.65. The van der Waals surface area contributed by atoms with Gasteiger partial charge in [0.1, 0.15) is 0 Å². The van der Waals surface area contributed by atoms with Crippen LogP contribution in [0.4, 0.5) is 0 Å². The summed E-state index contributed by atoms with van der Waals surface area (Å²) in [5.41, 5.74) is 10.3. The molecule has 1 saturated heterocycles. The highest BCUT2D eigenvalue weighted by Gasteiger charge is 2.39. The summed E-state index contributed by atoms with van der Waals surface area (Å²) >= 11 is 0. The molecule has 0 aromatic carbocycles. The molecule has 0 amide bonds. The Morgan fingerprint density at radius 2 is 2.07 bits per heavy atom. The molecular formula is C12H17N3. The van der Waals surface area contributed by atoms with E-state index in [0.717, 1.165) is 38.2 Å². The zero-order valence-corrected chi connectivity index (χ0v) is 8.84. The maximum Gasteiger partial charge on any atom is 0.0418 e. The van der Waals surface area contributed by atoms with Crippen LogP contribution in [-0.4, -0.2) is 19.6 Å². The fraction of sp³-hybridized carbons (Fsp3) is 0.500. The molecule has 1 aliphatic carbocycles. The Kier molecular flexibility index (Phi) is 1.89. The molecule has 1 fully saturated rings. The number of hydrogen-bond donors (Lipinski definition) is 3. The first-order chi connectivity index (χ1) is 7.32. The molecule has 3 heteroatoms. The van der Waals surface area contributed by atoms with E-state index in [2.05, 4.69) is 22.8 Å². The fourth-order valence-electron chi connectivity index (χ4n) is 2.86. The van der Waals surface area contributed by atoms with Crippen LogP contribution in [0, 0.1) is 5.41 Å². The molecule has 0 radical (unpaired) electrons. The van der Waals surface area contributed by atoms with E-state index in [4.69, 9.17) is 5.73 Å². The average molecular weight is 203 g/mol. The van der Waals surface area contributed by atoms with Crippen molar-refractivity contribution in [3.8, 4) is 0 Å². The van der Waals surface area contributed by atoms with E-state index in [1.165, 1.54) is 11.1 Å². The van der Waals surface area contributed by atoms with Gasteiger partial charge in [0.15, 0.2) is 0 Å². The summed E-state index contributed by atoms with van der Waals surface area (Å²) in [5.74, 6) is 0. The lowest BCUT2D eigenvalue weighted by atomic mass is 9.78. The van der Waals surface area contributed by atoms with Crippen molar-refractivity contribution in [2.45, 2.75) is 12.8 Å². The van der Waals surface area contributed by atoms with Crippen LogP contribution in [0.5, 0.6) is 0 Å². The summed E-state index contributed by atoms with van der Waals surface area (Å²) in [5, 5.41) is 6.63. The second-order valence-corrected chi connectivity index (χ2v) is 4.61. The van der Waals surface area contributed by atoms with Gasteiger partial charge in [0, 0.05) is 17.7 Å². The van der Waals surface area contributed by atoms with Gasteiger partial charge in [-0.05, 0) is 49.4 Å². The highest BCUT2D eigenvalue weighted by molar-refractivity contribution is 5.54. The summed E-state index contributed by atoms with van der Waals surface area (Å²) in [6.07, 6.45) is 8.82. The van der Waals surface area contributed by atoms with Crippen molar-refractivity contribution in [3.63, 3.8) is 0 Å². The Balaban J connectivity index is 2.03. The summed E-state index contributed by atoms with van der Waals surface area (Å²) in [4.78, 5) is 0. The molecule has 3 rings (SSSR count). The lowest BCUT2D eigenvalue weighted by Gasteiger charge is -2.33. The summed E-state index contributed by atoms with van der Waals surface area (Å²) < 4.78 is 0. The number of nitrogens with one attached hydrogen (secondary N) is 2. The smallest absolute Gasteiger partial charge is 0.0418 e. The minimum atomic E-state index is 0.159. The maximum atomic E-state index is 6.32. The standard InChI is InChI=1S/C12H17N3/c13-11-10-8-15-4-1-9(10)7-12(11)2-5-14-6-3-12/h1,4,7,14-15H,2-3,5-6,8,13H2. The molecule has 0 bridgehead atoms. The van der Waals surface area contributed by atoms with E-state index in [9.17, 15) is 0 Å². The number of fused-ring (bicyclic) bond motifs is 1. The number of piperidine rings is 1. The first kappa shape index (κ1) is 9.04. The molecule has 2 aliphatic heterocycles. The van der Waals surface area contributed by atoms with Crippen molar-refractivity contribution in [2.75, 3.05) is 19.6 Å². The monoisotopic (exact) mass is 203 g/mol. The van der Waals surface area contributed by atoms with Crippen molar-refractivity contribution in [1.82, 2.24) is 10.6 Å². The second kappa shape index (κ2) is 3.14. The predicted octanol–water partition coefficient (Wildman–Crippen LogP) is 0.626. The molecule has 1 spiro atoms. The second-order valence-electron chi connectivity index (χ2n) is 4.61. The van der Waals surface area contributed by atoms with Crippen molar-refractivity contribution in [3.05, 3.63) is 35.2 Å². The summed E-state index contributed by atoms with van der Waals surface area (Å²) in [6.45, 7) is 3.05. The van der Waals surface area contributed by atoms with E-state index in [0.29, 0.717) is 0 Å². The third-order valence-corrected chi connectivity index (χ3v) is 3.80. The van der Waals surface area contributed by atoms with Crippen LogP contribution in [-0.2, 0) is 0 Å². The van der Waals surface area contributed by atoms with Gasteiger partial charge < -0.3 is 16.4 Å². The van der Waals surface area contributed by atoms with Crippen LogP contribution in [0.3, 0.4) is 0 Å². The highest BCUT2D eigenvalue weighted by atomic mass is 14.9. The zero-order valence-electron chi connectivity index (χ0n) is 8.84. The van der Waals surface area contributed by atoms with Crippen LogP contribution in [0.25, 0.3) is 0 Å². The van der Waals surface area contributed by atoms with Crippen LogP contribution in [0.2, 0.25) is 0 Å². The van der Waals surface area contributed by atoms with Gasteiger partial charge in [-0.1, -0.05) is 6.08 Å². The van der Waals surface area contributed by atoms with Crippen LogP contribution in [0.15, 0.2) is 35.2 Å². The molecule has 0 unspecified atom stereocenters. The minimum absolute atomic E-state index is 0.159. The fourth-order valence-corrected chi connectivity index (χ4v) is 2.86. The molecule has 80 valence electrons. The third kappa shape index (κ3) is 1.23. The van der Waals surface area contributed by atoms with Gasteiger partial charge in [-0.15, -0.1) is 0 Å². The topological polar surface area (TPSA) is 50.1 Å². The van der Waals surface area contributed by atoms with Gasteiger partial charge in [0.05, 0.1) is 0 Å². The molecular weight excluding hydrogens is 186 g/mol. The van der Waals surface area contributed by atoms with Gasteiger partial charge in [-0.2, -0.15) is 0 Å². The third-order valence-electron chi connectivity index (χ3n) is 3.80. The Labute approximate surface area is 90.1 Å². The van der Waals surface area contributed by atoms with E-state index in [-0.39, 0.29) is 5.41 Å². The van der Waals surface area contributed by atoms with E-state index in [1.54, 1.807) is 0 Å². The molecule has 15 heavy (non-hydrogen) atoms. The molecule has 3 aliphatic rings. The Hall–Kier alpha value is -1.22. The quantitative estimate of drug-likeness (QED) is 0.541. The molecule has 3 nitrogen and oxygen atoms in total. The zero-order chi connectivity index (χ0) is 10.3. The summed E-state index contributed by atoms with van der Waals surface area (Å²) in [7, 11) is 0. The average Bonchev–Trinajstić information content (AvgIpc) is 2.54.